The van der Waals surface area contributed by atoms with E-state index in [2.05, 4.69) is 20.6 Å². The minimum Gasteiger partial charge on any atom is -0.507 e. The topological polar surface area (TPSA) is 75.9 Å². The van der Waals surface area contributed by atoms with Gasteiger partial charge in [-0.05, 0) is 36.8 Å². The van der Waals surface area contributed by atoms with Crippen LogP contribution in [0.4, 0.5) is 5.82 Å². The minimum atomic E-state index is 0.146. The van der Waals surface area contributed by atoms with Gasteiger partial charge in [-0.2, -0.15) is 5.10 Å². The van der Waals surface area contributed by atoms with Gasteiger partial charge in [0, 0.05) is 24.9 Å². The molecule has 0 aliphatic heterocycles. The van der Waals surface area contributed by atoms with E-state index in [4.69, 9.17) is 0 Å². The SMILES string of the molecule is CNc1ccc(-c2ccc(-n3cc(C)cn3)cc2O)nn1. The maximum atomic E-state index is 10.2. The number of phenolic OH excluding ortho intramolecular Hbond substituents is 1. The van der Waals surface area contributed by atoms with E-state index in [0.29, 0.717) is 17.1 Å². The van der Waals surface area contributed by atoms with Gasteiger partial charge >= 0.3 is 0 Å². The van der Waals surface area contributed by atoms with Gasteiger partial charge in [-0.25, -0.2) is 4.68 Å². The smallest absolute Gasteiger partial charge is 0.148 e. The number of hydrogen-bond donors (Lipinski definition) is 2. The summed E-state index contributed by atoms with van der Waals surface area (Å²) in [5.74, 6) is 0.828. The number of rotatable bonds is 3. The zero-order valence-corrected chi connectivity index (χ0v) is 11.8. The quantitative estimate of drug-likeness (QED) is 0.771. The lowest BCUT2D eigenvalue weighted by Gasteiger charge is -2.07. The second kappa shape index (κ2) is 5.24. The molecule has 0 saturated heterocycles. The molecule has 0 atom stereocenters. The predicted octanol–water partition coefficient (Wildman–Crippen LogP) is 2.39. The number of hydrogen-bond acceptors (Lipinski definition) is 5. The predicted molar refractivity (Wildman–Crippen MR) is 80.5 cm³/mol. The van der Waals surface area contributed by atoms with E-state index in [0.717, 1.165) is 11.3 Å². The molecule has 0 fully saturated rings. The molecule has 0 amide bonds. The van der Waals surface area contributed by atoms with Crippen LogP contribution in [-0.2, 0) is 0 Å². The van der Waals surface area contributed by atoms with Crippen LogP contribution in [0.3, 0.4) is 0 Å². The Morgan fingerprint density at radius 3 is 2.57 bits per heavy atom. The first kappa shape index (κ1) is 13.1. The molecule has 0 radical (unpaired) electrons. The van der Waals surface area contributed by atoms with Crippen molar-refractivity contribution in [1.82, 2.24) is 20.0 Å². The summed E-state index contributed by atoms with van der Waals surface area (Å²) in [6, 6.07) is 8.98. The van der Waals surface area contributed by atoms with Gasteiger partial charge in [0.15, 0.2) is 0 Å². The third-order valence-corrected chi connectivity index (χ3v) is 3.15. The molecule has 0 unspecified atom stereocenters. The maximum Gasteiger partial charge on any atom is 0.148 e. The third-order valence-electron chi connectivity index (χ3n) is 3.15. The number of aromatic hydroxyl groups is 1. The Balaban J connectivity index is 1.97. The van der Waals surface area contributed by atoms with Crippen LogP contribution in [0.1, 0.15) is 5.56 Å². The summed E-state index contributed by atoms with van der Waals surface area (Å²) >= 11 is 0. The van der Waals surface area contributed by atoms with E-state index in [9.17, 15) is 5.11 Å². The van der Waals surface area contributed by atoms with Crippen LogP contribution in [0.2, 0.25) is 0 Å². The molecule has 0 saturated carbocycles. The first-order valence-electron chi connectivity index (χ1n) is 6.54. The lowest BCUT2D eigenvalue weighted by molar-refractivity contribution is 0.476. The van der Waals surface area contributed by atoms with Crippen LogP contribution in [0, 0.1) is 6.92 Å². The van der Waals surface area contributed by atoms with Crippen molar-refractivity contribution in [3.8, 4) is 22.7 Å². The van der Waals surface area contributed by atoms with Gasteiger partial charge in [-0.3, -0.25) is 0 Å². The second-order valence-corrected chi connectivity index (χ2v) is 4.72. The summed E-state index contributed by atoms with van der Waals surface area (Å²) in [5.41, 5.74) is 3.11. The number of benzene rings is 1. The molecule has 1 aromatic carbocycles. The zero-order chi connectivity index (χ0) is 14.8. The summed E-state index contributed by atoms with van der Waals surface area (Å²) in [6.07, 6.45) is 3.67. The van der Waals surface area contributed by atoms with Gasteiger partial charge in [0.25, 0.3) is 0 Å². The molecule has 0 spiro atoms. The van der Waals surface area contributed by atoms with Crippen molar-refractivity contribution >= 4 is 5.82 Å². The molecule has 0 aliphatic carbocycles. The highest BCUT2D eigenvalue weighted by atomic mass is 16.3. The number of aromatic nitrogens is 4. The molecule has 21 heavy (non-hydrogen) atoms. The Hall–Kier alpha value is -2.89. The van der Waals surface area contributed by atoms with Gasteiger partial charge in [0.05, 0.1) is 17.6 Å². The van der Waals surface area contributed by atoms with E-state index in [1.54, 1.807) is 24.0 Å². The summed E-state index contributed by atoms with van der Waals surface area (Å²) in [5, 5.41) is 25.4. The molecule has 2 N–H and O–H groups in total. The fraction of sp³-hybridized carbons (Fsp3) is 0.133. The van der Waals surface area contributed by atoms with Gasteiger partial charge in [0.2, 0.25) is 0 Å². The van der Waals surface area contributed by atoms with E-state index < -0.39 is 0 Å². The molecule has 106 valence electrons. The summed E-state index contributed by atoms with van der Waals surface area (Å²) < 4.78 is 1.72. The van der Waals surface area contributed by atoms with Crippen LogP contribution in [0.15, 0.2) is 42.7 Å². The number of phenols is 1. The monoisotopic (exact) mass is 281 g/mol. The Labute approximate surface area is 122 Å². The van der Waals surface area contributed by atoms with Crippen LogP contribution < -0.4 is 5.32 Å². The Morgan fingerprint density at radius 2 is 2.00 bits per heavy atom. The fourth-order valence-corrected chi connectivity index (χ4v) is 2.04. The highest BCUT2D eigenvalue weighted by Gasteiger charge is 2.09. The zero-order valence-electron chi connectivity index (χ0n) is 11.8. The second-order valence-electron chi connectivity index (χ2n) is 4.72. The number of anilines is 1. The number of aryl methyl sites for hydroxylation is 1. The van der Waals surface area contributed by atoms with E-state index in [1.165, 1.54) is 0 Å². The Bertz CT molecular complexity index is 764. The standard InChI is InChI=1S/C15H15N5O/c1-10-8-17-20(9-10)11-3-4-12(14(21)7-11)13-5-6-15(16-2)19-18-13/h3-9,21H,1-2H3,(H,16,19). The summed E-state index contributed by atoms with van der Waals surface area (Å²) in [7, 11) is 1.78. The van der Waals surface area contributed by atoms with Crippen molar-refractivity contribution in [1.29, 1.82) is 0 Å². The third kappa shape index (κ3) is 2.55. The van der Waals surface area contributed by atoms with E-state index in [-0.39, 0.29) is 5.75 Å². The highest BCUT2D eigenvalue weighted by Crippen LogP contribution is 2.29. The lowest BCUT2D eigenvalue weighted by Crippen LogP contribution is -1.97. The van der Waals surface area contributed by atoms with Crippen molar-refractivity contribution < 1.29 is 5.11 Å². The molecular formula is C15H15N5O. The van der Waals surface area contributed by atoms with Gasteiger partial charge < -0.3 is 10.4 Å². The molecule has 0 bridgehead atoms. The fourth-order valence-electron chi connectivity index (χ4n) is 2.04. The van der Waals surface area contributed by atoms with Crippen molar-refractivity contribution in [2.45, 2.75) is 6.92 Å². The lowest BCUT2D eigenvalue weighted by atomic mass is 10.1. The van der Waals surface area contributed by atoms with Crippen LogP contribution >= 0.6 is 0 Å². The van der Waals surface area contributed by atoms with Gasteiger partial charge in [-0.15, -0.1) is 10.2 Å². The van der Waals surface area contributed by atoms with Gasteiger partial charge in [-0.1, -0.05) is 0 Å². The van der Waals surface area contributed by atoms with Gasteiger partial charge in [0.1, 0.15) is 11.6 Å². The Morgan fingerprint density at radius 1 is 1.14 bits per heavy atom. The molecule has 3 aromatic rings. The molecule has 0 aliphatic rings. The molecule has 2 aromatic heterocycles. The summed E-state index contributed by atoms with van der Waals surface area (Å²) in [4.78, 5) is 0. The van der Waals surface area contributed by atoms with Crippen molar-refractivity contribution in [2.75, 3.05) is 12.4 Å². The molecule has 6 nitrogen and oxygen atoms in total. The first-order valence-corrected chi connectivity index (χ1v) is 6.54. The first-order chi connectivity index (χ1) is 10.2. The Kier molecular flexibility index (Phi) is 3.27. The average molecular weight is 281 g/mol. The average Bonchev–Trinajstić information content (AvgIpc) is 2.94. The van der Waals surface area contributed by atoms with Crippen molar-refractivity contribution in [3.63, 3.8) is 0 Å². The molecular weight excluding hydrogens is 266 g/mol. The highest BCUT2D eigenvalue weighted by molar-refractivity contribution is 5.68. The maximum absolute atomic E-state index is 10.2. The van der Waals surface area contributed by atoms with Crippen molar-refractivity contribution in [3.05, 3.63) is 48.3 Å². The minimum absolute atomic E-state index is 0.146. The summed E-state index contributed by atoms with van der Waals surface area (Å²) in [6.45, 7) is 1.97. The van der Waals surface area contributed by atoms with E-state index in [1.807, 2.05) is 37.4 Å². The van der Waals surface area contributed by atoms with Crippen LogP contribution in [0.5, 0.6) is 5.75 Å². The number of nitrogens with one attached hydrogen (secondary N) is 1. The number of nitrogens with zero attached hydrogens (tertiary/aromatic N) is 4. The molecule has 6 heteroatoms. The van der Waals surface area contributed by atoms with Crippen LogP contribution in [-0.4, -0.2) is 32.1 Å². The van der Waals surface area contributed by atoms with E-state index >= 15 is 0 Å². The normalized spacial score (nSPS) is 10.6. The molecule has 3 rings (SSSR count). The largest absolute Gasteiger partial charge is 0.507 e. The van der Waals surface area contributed by atoms with Crippen molar-refractivity contribution in [2.24, 2.45) is 0 Å². The molecule has 2 heterocycles. The van der Waals surface area contributed by atoms with Crippen LogP contribution in [0.25, 0.3) is 16.9 Å².